The van der Waals surface area contributed by atoms with Crippen molar-refractivity contribution in [2.75, 3.05) is 13.2 Å². The van der Waals surface area contributed by atoms with Gasteiger partial charge in [-0.15, -0.1) is 0 Å². The first kappa shape index (κ1) is 29.4. The van der Waals surface area contributed by atoms with E-state index in [2.05, 4.69) is 6.92 Å². The molecule has 2 aromatic rings. The number of benzene rings is 2. The Morgan fingerprint density at radius 1 is 0.744 bits per heavy atom. The lowest BCUT2D eigenvalue weighted by Gasteiger charge is -2.29. The van der Waals surface area contributed by atoms with Gasteiger partial charge in [0.2, 0.25) is 11.6 Å². The first-order valence-electron chi connectivity index (χ1n) is 14.3. The van der Waals surface area contributed by atoms with E-state index in [1.54, 1.807) is 6.92 Å². The van der Waals surface area contributed by atoms with E-state index in [9.17, 15) is 22.4 Å². The fraction of sp³-hybridized carbons (Fsp3) is 0.581. The highest BCUT2D eigenvalue weighted by molar-refractivity contribution is 5.75. The Morgan fingerprint density at radius 2 is 1.28 bits per heavy atom. The fourth-order valence-corrected chi connectivity index (χ4v) is 5.84. The molecule has 0 aliphatic heterocycles. The van der Waals surface area contributed by atoms with Crippen LogP contribution in [-0.2, 0) is 9.53 Å². The van der Waals surface area contributed by atoms with E-state index in [1.165, 1.54) is 24.3 Å². The Morgan fingerprint density at radius 3 is 1.85 bits per heavy atom. The molecule has 0 bridgehead atoms. The zero-order valence-corrected chi connectivity index (χ0v) is 22.7. The molecule has 0 N–H and O–H groups in total. The summed E-state index contributed by atoms with van der Waals surface area (Å²) in [6.45, 7) is 4.76. The van der Waals surface area contributed by atoms with Crippen molar-refractivity contribution in [1.29, 1.82) is 0 Å². The van der Waals surface area contributed by atoms with Crippen molar-refractivity contribution in [1.82, 2.24) is 0 Å². The molecule has 0 saturated heterocycles. The third-order valence-corrected chi connectivity index (χ3v) is 8.13. The number of ether oxygens (including phenoxy) is 3. The number of halogens is 4. The second-order valence-electron chi connectivity index (χ2n) is 10.7. The predicted octanol–water partition coefficient (Wildman–Crippen LogP) is 8.36. The van der Waals surface area contributed by atoms with Crippen LogP contribution >= 0.6 is 0 Å². The number of hydrogen-bond acceptors (Lipinski definition) is 4. The maximum absolute atomic E-state index is 15.0. The van der Waals surface area contributed by atoms with Crippen LogP contribution in [0.4, 0.5) is 17.6 Å². The number of carbonyl (C=O) groups excluding carboxylic acids is 1. The molecule has 0 unspecified atom stereocenters. The van der Waals surface area contributed by atoms with Crippen LogP contribution in [-0.4, -0.2) is 25.3 Å². The lowest BCUT2D eigenvalue weighted by atomic mass is 9.78. The quantitative estimate of drug-likeness (QED) is 0.129. The summed E-state index contributed by atoms with van der Waals surface area (Å²) in [5.74, 6) is -6.11. The minimum absolute atomic E-state index is 0.0987. The number of rotatable bonds is 10. The highest BCUT2D eigenvalue weighted by atomic mass is 19.2. The molecule has 2 aromatic carbocycles. The van der Waals surface area contributed by atoms with Gasteiger partial charge in [0.15, 0.2) is 23.1 Å². The minimum atomic E-state index is -1.15. The van der Waals surface area contributed by atoms with Gasteiger partial charge >= 0.3 is 5.97 Å². The van der Waals surface area contributed by atoms with Gasteiger partial charge in [0.05, 0.1) is 18.6 Å². The largest absolute Gasteiger partial charge is 0.491 e. The second-order valence-corrected chi connectivity index (χ2v) is 10.7. The predicted molar refractivity (Wildman–Crippen MR) is 140 cm³/mol. The zero-order valence-electron chi connectivity index (χ0n) is 22.7. The van der Waals surface area contributed by atoms with E-state index in [4.69, 9.17) is 14.2 Å². The number of unbranched alkanes of at least 4 members (excludes halogenated alkanes) is 1. The van der Waals surface area contributed by atoms with Crippen molar-refractivity contribution in [2.24, 2.45) is 5.92 Å². The van der Waals surface area contributed by atoms with Gasteiger partial charge in [-0.05, 0) is 99.8 Å². The normalized spacial score (nSPS) is 23.4. The topological polar surface area (TPSA) is 44.8 Å². The summed E-state index contributed by atoms with van der Waals surface area (Å²) >= 11 is 0. The third kappa shape index (κ3) is 6.94. The minimum Gasteiger partial charge on any atom is -0.491 e. The van der Waals surface area contributed by atoms with Crippen LogP contribution in [0.1, 0.15) is 101 Å². The standard InChI is InChI=1S/C31H38F4O4/c1-3-5-18-38-22-12-10-20(11-13-22)24-15-17-26(30(35)28(24)33)39-31(36)21-8-6-19(7-9-21)23-14-16-25(37-4-2)29(34)27(23)32/h14-17,19-22H,3-13,18H2,1-2H3. The molecule has 4 rings (SSSR count). The van der Waals surface area contributed by atoms with Crippen LogP contribution in [0.15, 0.2) is 24.3 Å². The van der Waals surface area contributed by atoms with Crippen molar-refractivity contribution < 1.29 is 36.6 Å². The summed E-state index contributed by atoms with van der Waals surface area (Å²) < 4.78 is 75.1. The maximum atomic E-state index is 15.0. The van der Waals surface area contributed by atoms with Crippen LogP contribution < -0.4 is 9.47 Å². The summed E-state index contributed by atoms with van der Waals surface area (Å²) in [5, 5.41) is 0. The molecule has 0 spiro atoms. The van der Waals surface area contributed by atoms with Gasteiger partial charge in [-0.3, -0.25) is 4.79 Å². The van der Waals surface area contributed by atoms with E-state index in [0.29, 0.717) is 44.1 Å². The SMILES string of the molecule is CCCCOC1CCC(c2ccc(OC(=O)C3CCC(c4ccc(OCC)c(F)c4F)CC3)c(F)c2F)CC1. The van der Waals surface area contributed by atoms with Gasteiger partial charge < -0.3 is 14.2 Å². The number of hydrogen-bond donors (Lipinski definition) is 0. The molecular weight excluding hydrogens is 512 g/mol. The lowest BCUT2D eigenvalue weighted by Crippen LogP contribution is -2.26. The first-order valence-corrected chi connectivity index (χ1v) is 14.3. The highest BCUT2D eigenvalue weighted by Gasteiger charge is 2.32. The molecule has 0 heterocycles. The van der Waals surface area contributed by atoms with E-state index in [1.807, 2.05) is 0 Å². The van der Waals surface area contributed by atoms with Gasteiger partial charge in [0, 0.05) is 6.61 Å². The summed E-state index contributed by atoms with van der Waals surface area (Å²) in [6.07, 6.45) is 6.96. The van der Waals surface area contributed by atoms with Gasteiger partial charge in [-0.1, -0.05) is 25.5 Å². The van der Waals surface area contributed by atoms with E-state index in [-0.39, 0.29) is 35.9 Å². The average molecular weight is 551 g/mol. The number of esters is 1. The Balaban J connectivity index is 1.32. The molecule has 0 aromatic heterocycles. The molecule has 2 aliphatic rings. The van der Waals surface area contributed by atoms with Crippen LogP contribution in [0.2, 0.25) is 0 Å². The summed E-state index contributed by atoms with van der Waals surface area (Å²) in [5.41, 5.74) is 0.567. The highest BCUT2D eigenvalue weighted by Crippen LogP contribution is 2.40. The van der Waals surface area contributed by atoms with E-state index >= 15 is 0 Å². The fourth-order valence-electron chi connectivity index (χ4n) is 5.84. The zero-order chi connectivity index (χ0) is 27.9. The van der Waals surface area contributed by atoms with Crippen molar-refractivity contribution >= 4 is 5.97 Å². The van der Waals surface area contributed by atoms with Crippen molar-refractivity contribution in [3.63, 3.8) is 0 Å². The Bertz CT molecular complexity index is 1120. The lowest BCUT2D eigenvalue weighted by molar-refractivity contribution is -0.140. The Labute approximate surface area is 228 Å². The molecule has 0 amide bonds. The third-order valence-electron chi connectivity index (χ3n) is 8.13. The Hall–Kier alpha value is -2.61. The van der Waals surface area contributed by atoms with Gasteiger partial charge in [-0.25, -0.2) is 8.78 Å². The molecular formula is C31H38F4O4. The number of carbonyl (C=O) groups is 1. The molecule has 2 aliphatic carbocycles. The summed E-state index contributed by atoms with van der Waals surface area (Å²) in [7, 11) is 0. The molecule has 39 heavy (non-hydrogen) atoms. The van der Waals surface area contributed by atoms with E-state index in [0.717, 1.165) is 32.3 Å². The van der Waals surface area contributed by atoms with Crippen LogP contribution in [0.3, 0.4) is 0 Å². The average Bonchev–Trinajstić information content (AvgIpc) is 2.95. The van der Waals surface area contributed by atoms with Crippen LogP contribution in [0.5, 0.6) is 11.5 Å². The van der Waals surface area contributed by atoms with E-state index < -0.39 is 40.9 Å². The van der Waals surface area contributed by atoms with Crippen LogP contribution in [0, 0.1) is 29.2 Å². The molecule has 4 nitrogen and oxygen atoms in total. The molecule has 2 saturated carbocycles. The van der Waals surface area contributed by atoms with Gasteiger partial charge in [0.25, 0.3) is 0 Å². The smallest absolute Gasteiger partial charge is 0.314 e. The van der Waals surface area contributed by atoms with Crippen molar-refractivity contribution in [3.05, 3.63) is 58.7 Å². The van der Waals surface area contributed by atoms with Gasteiger partial charge in [-0.2, -0.15) is 8.78 Å². The molecule has 2 fully saturated rings. The van der Waals surface area contributed by atoms with Crippen molar-refractivity contribution in [2.45, 2.75) is 96.0 Å². The second kappa shape index (κ2) is 13.6. The maximum Gasteiger partial charge on any atom is 0.314 e. The Kier molecular flexibility index (Phi) is 10.3. The van der Waals surface area contributed by atoms with Crippen molar-refractivity contribution in [3.8, 4) is 11.5 Å². The van der Waals surface area contributed by atoms with Gasteiger partial charge in [0.1, 0.15) is 0 Å². The molecule has 0 radical (unpaired) electrons. The summed E-state index contributed by atoms with van der Waals surface area (Å²) in [4.78, 5) is 12.8. The van der Waals surface area contributed by atoms with Crippen LogP contribution in [0.25, 0.3) is 0 Å². The molecule has 0 atom stereocenters. The molecule has 214 valence electrons. The monoisotopic (exact) mass is 550 g/mol. The molecule has 8 heteroatoms. The summed E-state index contributed by atoms with van der Waals surface area (Å²) in [6, 6.07) is 5.80. The first-order chi connectivity index (χ1) is 18.8.